The van der Waals surface area contributed by atoms with Gasteiger partial charge in [-0.3, -0.25) is 4.79 Å². The predicted molar refractivity (Wildman–Crippen MR) is 87.8 cm³/mol. The molecule has 0 fully saturated rings. The number of fused-ring (bicyclic) bond motifs is 1. The summed E-state index contributed by atoms with van der Waals surface area (Å²) in [6.45, 7) is 0. The van der Waals surface area contributed by atoms with E-state index < -0.39 is 0 Å². The van der Waals surface area contributed by atoms with Crippen molar-refractivity contribution >= 4 is 46.3 Å². The molecule has 0 saturated carbocycles. The van der Waals surface area contributed by atoms with Crippen LogP contribution in [0.15, 0.2) is 47.3 Å². The average molecular weight is 317 g/mol. The van der Waals surface area contributed by atoms with Crippen molar-refractivity contribution in [3.05, 3.63) is 74.3 Å². The predicted octanol–water partition coefficient (Wildman–Crippen LogP) is 4.40. The maximum atomic E-state index is 12.0. The number of rotatable bonds is 2. The Kier molecular flexibility index (Phi) is 3.78. The van der Waals surface area contributed by atoms with Gasteiger partial charge in [0.05, 0.1) is 20.9 Å². The number of hydrogen-bond donors (Lipinski definition) is 1. The van der Waals surface area contributed by atoms with Gasteiger partial charge in [-0.15, -0.1) is 0 Å². The van der Waals surface area contributed by atoms with Gasteiger partial charge in [-0.25, -0.2) is 4.98 Å². The van der Waals surface area contributed by atoms with Gasteiger partial charge in [0.15, 0.2) is 0 Å². The third-order valence-corrected chi connectivity index (χ3v) is 3.87. The van der Waals surface area contributed by atoms with Gasteiger partial charge in [0.1, 0.15) is 5.82 Å². The van der Waals surface area contributed by atoms with Crippen molar-refractivity contribution in [2.45, 2.75) is 0 Å². The molecule has 3 nitrogen and oxygen atoms in total. The molecule has 0 atom stereocenters. The van der Waals surface area contributed by atoms with Crippen molar-refractivity contribution in [3.63, 3.8) is 0 Å². The van der Waals surface area contributed by atoms with E-state index in [0.717, 1.165) is 5.56 Å². The standard InChI is InChI=1S/C16H10Cl2N2O/c17-12-6-3-4-10(15(12)18)8-9-14-19-13-7-2-1-5-11(13)16(21)20-14/h1-9H,(H,19,20,21)/b9-8+. The third kappa shape index (κ3) is 2.84. The van der Waals surface area contributed by atoms with Crippen LogP contribution in [0.3, 0.4) is 0 Å². The zero-order valence-electron chi connectivity index (χ0n) is 10.8. The second kappa shape index (κ2) is 5.72. The fraction of sp³-hybridized carbons (Fsp3) is 0. The van der Waals surface area contributed by atoms with Crippen LogP contribution in [0.25, 0.3) is 23.1 Å². The minimum Gasteiger partial charge on any atom is -0.306 e. The van der Waals surface area contributed by atoms with Gasteiger partial charge in [0.25, 0.3) is 5.56 Å². The van der Waals surface area contributed by atoms with E-state index in [0.29, 0.717) is 26.8 Å². The Morgan fingerprint density at radius 3 is 2.67 bits per heavy atom. The van der Waals surface area contributed by atoms with Crippen LogP contribution >= 0.6 is 23.2 Å². The maximum Gasteiger partial charge on any atom is 0.259 e. The largest absolute Gasteiger partial charge is 0.306 e. The Morgan fingerprint density at radius 1 is 1.00 bits per heavy atom. The van der Waals surface area contributed by atoms with Crippen LogP contribution in [-0.2, 0) is 0 Å². The van der Waals surface area contributed by atoms with Crippen molar-refractivity contribution < 1.29 is 0 Å². The number of H-pyrrole nitrogens is 1. The smallest absolute Gasteiger partial charge is 0.259 e. The van der Waals surface area contributed by atoms with Crippen LogP contribution in [-0.4, -0.2) is 9.97 Å². The van der Waals surface area contributed by atoms with Gasteiger partial charge < -0.3 is 4.98 Å². The Morgan fingerprint density at radius 2 is 1.81 bits per heavy atom. The molecule has 0 aliphatic heterocycles. The second-order valence-corrected chi connectivity index (χ2v) is 5.23. The summed E-state index contributed by atoms with van der Waals surface area (Å²) in [6, 6.07) is 12.6. The molecule has 3 aromatic rings. The fourth-order valence-electron chi connectivity index (χ4n) is 2.00. The van der Waals surface area contributed by atoms with E-state index in [1.54, 1.807) is 36.4 Å². The zero-order chi connectivity index (χ0) is 14.8. The fourth-order valence-corrected chi connectivity index (χ4v) is 2.37. The van der Waals surface area contributed by atoms with Gasteiger partial charge in [0, 0.05) is 0 Å². The van der Waals surface area contributed by atoms with Gasteiger partial charge in [-0.05, 0) is 35.9 Å². The molecule has 2 aromatic carbocycles. The summed E-state index contributed by atoms with van der Waals surface area (Å²) in [7, 11) is 0. The molecule has 5 heteroatoms. The number of para-hydroxylation sites is 1. The summed E-state index contributed by atoms with van der Waals surface area (Å²) in [5.41, 5.74) is 1.25. The highest BCUT2D eigenvalue weighted by molar-refractivity contribution is 6.42. The van der Waals surface area contributed by atoms with Crippen LogP contribution < -0.4 is 5.56 Å². The quantitative estimate of drug-likeness (QED) is 0.761. The number of benzene rings is 2. The summed E-state index contributed by atoms with van der Waals surface area (Å²) < 4.78 is 0. The molecular weight excluding hydrogens is 307 g/mol. The van der Waals surface area contributed by atoms with Gasteiger partial charge >= 0.3 is 0 Å². The number of nitrogens with zero attached hydrogens (tertiary/aromatic N) is 1. The molecule has 3 rings (SSSR count). The summed E-state index contributed by atoms with van der Waals surface area (Å²) in [5.74, 6) is 0.467. The molecule has 0 aliphatic rings. The molecule has 21 heavy (non-hydrogen) atoms. The van der Waals surface area contributed by atoms with Gasteiger partial charge in [-0.2, -0.15) is 0 Å². The van der Waals surface area contributed by atoms with E-state index in [1.807, 2.05) is 18.2 Å². The van der Waals surface area contributed by atoms with Crippen molar-refractivity contribution in [3.8, 4) is 0 Å². The van der Waals surface area contributed by atoms with E-state index in [9.17, 15) is 4.79 Å². The summed E-state index contributed by atoms with van der Waals surface area (Å²) in [4.78, 5) is 19.1. The Hall–Kier alpha value is -2.10. The molecular formula is C16H10Cl2N2O. The summed E-state index contributed by atoms with van der Waals surface area (Å²) >= 11 is 12.1. The first-order valence-electron chi connectivity index (χ1n) is 6.26. The highest BCUT2D eigenvalue weighted by Gasteiger charge is 2.03. The molecule has 0 aliphatic carbocycles. The van der Waals surface area contributed by atoms with E-state index >= 15 is 0 Å². The van der Waals surface area contributed by atoms with Crippen LogP contribution in [0.2, 0.25) is 10.0 Å². The molecule has 0 spiro atoms. The third-order valence-electron chi connectivity index (χ3n) is 3.03. The maximum absolute atomic E-state index is 12.0. The van der Waals surface area contributed by atoms with Crippen LogP contribution in [0.4, 0.5) is 0 Å². The van der Waals surface area contributed by atoms with Crippen LogP contribution in [0.5, 0.6) is 0 Å². The van der Waals surface area contributed by atoms with Crippen LogP contribution in [0, 0.1) is 0 Å². The molecule has 0 radical (unpaired) electrons. The zero-order valence-corrected chi connectivity index (χ0v) is 12.3. The lowest BCUT2D eigenvalue weighted by atomic mass is 10.2. The molecule has 1 heterocycles. The van der Waals surface area contributed by atoms with Gasteiger partial charge in [0.2, 0.25) is 0 Å². The molecule has 1 aromatic heterocycles. The van der Waals surface area contributed by atoms with Crippen LogP contribution in [0.1, 0.15) is 11.4 Å². The lowest BCUT2D eigenvalue weighted by Gasteiger charge is -2.01. The molecule has 0 saturated heterocycles. The first-order chi connectivity index (χ1) is 10.1. The molecule has 104 valence electrons. The highest BCUT2D eigenvalue weighted by Crippen LogP contribution is 2.26. The monoisotopic (exact) mass is 316 g/mol. The van der Waals surface area contributed by atoms with E-state index in [-0.39, 0.29) is 5.56 Å². The summed E-state index contributed by atoms with van der Waals surface area (Å²) in [5, 5.41) is 1.52. The average Bonchev–Trinajstić information content (AvgIpc) is 2.49. The number of aromatic amines is 1. The minimum absolute atomic E-state index is 0.169. The number of halogens is 2. The van der Waals surface area contributed by atoms with E-state index in [1.165, 1.54) is 0 Å². The molecule has 0 bridgehead atoms. The lowest BCUT2D eigenvalue weighted by molar-refractivity contribution is 1.14. The topological polar surface area (TPSA) is 45.8 Å². The lowest BCUT2D eigenvalue weighted by Crippen LogP contribution is -2.09. The van der Waals surface area contributed by atoms with Crippen molar-refractivity contribution in [2.75, 3.05) is 0 Å². The number of nitrogens with one attached hydrogen (secondary N) is 1. The van der Waals surface area contributed by atoms with Crippen molar-refractivity contribution in [1.82, 2.24) is 9.97 Å². The normalized spacial score (nSPS) is 11.3. The number of aromatic nitrogens is 2. The SMILES string of the molecule is O=c1[nH]c(/C=C/c2cccc(Cl)c2Cl)nc2ccccc12. The minimum atomic E-state index is -0.169. The van der Waals surface area contributed by atoms with E-state index in [4.69, 9.17) is 23.2 Å². The summed E-state index contributed by atoms with van der Waals surface area (Å²) in [6.07, 6.45) is 3.46. The first-order valence-corrected chi connectivity index (χ1v) is 7.02. The van der Waals surface area contributed by atoms with Crippen molar-refractivity contribution in [1.29, 1.82) is 0 Å². The van der Waals surface area contributed by atoms with Crippen molar-refractivity contribution in [2.24, 2.45) is 0 Å². The molecule has 0 unspecified atom stereocenters. The van der Waals surface area contributed by atoms with E-state index in [2.05, 4.69) is 9.97 Å². The van der Waals surface area contributed by atoms with Gasteiger partial charge in [-0.1, -0.05) is 47.5 Å². The Bertz CT molecular complexity index is 900. The first kappa shape index (κ1) is 13.9. The second-order valence-electron chi connectivity index (χ2n) is 4.44. The Balaban J connectivity index is 2.04. The Labute approximate surface area is 130 Å². The molecule has 1 N–H and O–H groups in total. The number of hydrogen-bond acceptors (Lipinski definition) is 2. The molecule has 0 amide bonds. The highest BCUT2D eigenvalue weighted by atomic mass is 35.5.